The van der Waals surface area contributed by atoms with Crippen LogP contribution in [0.3, 0.4) is 0 Å². The molecule has 8 nitrogen and oxygen atoms in total. The molecule has 0 aromatic heterocycles. The Hall–Kier alpha value is -3.68. The number of anilines is 1. The van der Waals surface area contributed by atoms with E-state index in [1.54, 1.807) is 48.5 Å². The fourth-order valence-corrected chi connectivity index (χ4v) is 2.67. The van der Waals surface area contributed by atoms with Gasteiger partial charge in [-0.3, -0.25) is 14.4 Å². The van der Waals surface area contributed by atoms with Crippen LogP contribution in [0, 0.1) is 0 Å². The predicted molar refractivity (Wildman–Crippen MR) is 110 cm³/mol. The molecule has 2 aromatic rings. The third kappa shape index (κ3) is 5.91. The Morgan fingerprint density at radius 2 is 1.67 bits per heavy atom. The smallest absolute Gasteiger partial charge is 0.340 e. The predicted octanol–water partition coefficient (Wildman–Crippen LogP) is 1.83. The number of hydrogen-bond acceptors (Lipinski definition) is 5. The van der Waals surface area contributed by atoms with Crippen LogP contribution in [0.25, 0.3) is 0 Å². The van der Waals surface area contributed by atoms with Crippen LogP contribution < -0.4 is 10.6 Å². The SMILES string of the molecule is CN(CC(=O)NC1CC1)C(=O)COC(=O)c1ccccc1NC(=O)c1ccccc1. The van der Waals surface area contributed by atoms with Gasteiger partial charge in [0.2, 0.25) is 5.91 Å². The first-order valence-electron chi connectivity index (χ1n) is 9.60. The molecule has 0 spiro atoms. The van der Waals surface area contributed by atoms with Crippen molar-refractivity contribution in [2.45, 2.75) is 18.9 Å². The third-order valence-electron chi connectivity index (χ3n) is 4.51. The molecular formula is C22H23N3O5. The number of para-hydroxylation sites is 1. The second-order valence-corrected chi connectivity index (χ2v) is 7.03. The van der Waals surface area contributed by atoms with E-state index in [1.807, 2.05) is 0 Å². The van der Waals surface area contributed by atoms with Crippen molar-refractivity contribution in [2.75, 3.05) is 25.5 Å². The minimum Gasteiger partial charge on any atom is -0.452 e. The summed E-state index contributed by atoms with van der Waals surface area (Å²) in [6.07, 6.45) is 1.92. The molecule has 1 aliphatic rings. The zero-order chi connectivity index (χ0) is 21.5. The standard InChI is InChI=1S/C22H23N3O5/c1-25(13-19(26)23-16-11-12-16)20(27)14-30-22(29)17-9-5-6-10-18(17)24-21(28)15-7-3-2-4-8-15/h2-10,16H,11-14H2,1H3,(H,23,26)(H,24,28). The van der Waals surface area contributed by atoms with E-state index in [-0.39, 0.29) is 35.7 Å². The van der Waals surface area contributed by atoms with E-state index < -0.39 is 18.5 Å². The van der Waals surface area contributed by atoms with Crippen LogP contribution in [0.5, 0.6) is 0 Å². The Bertz CT molecular complexity index is 941. The Morgan fingerprint density at radius 3 is 2.37 bits per heavy atom. The Kier molecular flexibility index (Phi) is 6.79. The molecule has 0 aliphatic heterocycles. The van der Waals surface area contributed by atoms with Gasteiger partial charge in [-0.2, -0.15) is 0 Å². The first kappa shape index (κ1) is 21.0. The van der Waals surface area contributed by atoms with Gasteiger partial charge < -0.3 is 20.3 Å². The number of rotatable bonds is 8. The first-order chi connectivity index (χ1) is 14.4. The molecular weight excluding hydrogens is 386 g/mol. The number of hydrogen-bond donors (Lipinski definition) is 2. The Labute approximate surface area is 174 Å². The molecule has 3 amide bonds. The topological polar surface area (TPSA) is 105 Å². The molecule has 8 heteroatoms. The van der Waals surface area contributed by atoms with Gasteiger partial charge in [0.1, 0.15) is 0 Å². The minimum atomic E-state index is -0.747. The van der Waals surface area contributed by atoms with Gasteiger partial charge >= 0.3 is 5.97 Å². The number of carbonyl (C=O) groups excluding carboxylic acids is 4. The maximum atomic E-state index is 12.5. The van der Waals surface area contributed by atoms with E-state index >= 15 is 0 Å². The highest BCUT2D eigenvalue weighted by molar-refractivity contribution is 6.08. The molecule has 0 unspecified atom stereocenters. The molecule has 30 heavy (non-hydrogen) atoms. The van der Waals surface area contributed by atoms with Crippen LogP contribution in [0.2, 0.25) is 0 Å². The van der Waals surface area contributed by atoms with Crippen molar-refractivity contribution in [1.29, 1.82) is 0 Å². The molecule has 2 aromatic carbocycles. The van der Waals surface area contributed by atoms with Crippen LogP contribution in [-0.4, -0.2) is 54.8 Å². The second kappa shape index (κ2) is 9.69. The van der Waals surface area contributed by atoms with Gasteiger partial charge in [-0.05, 0) is 37.1 Å². The van der Waals surface area contributed by atoms with E-state index in [0.717, 1.165) is 12.8 Å². The molecule has 156 valence electrons. The van der Waals surface area contributed by atoms with Gasteiger partial charge in [0, 0.05) is 18.7 Å². The molecule has 1 aliphatic carbocycles. The fourth-order valence-electron chi connectivity index (χ4n) is 2.67. The highest BCUT2D eigenvalue weighted by Gasteiger charge is 2.24. The van der Waals surface area contributed by atoms with Gasteiger partial charge in [0.05, 0.1) is 17.8 Å². The summed E-state index contributed by atoms with van der Waals surface area (Å²) in [6.45, 7) is -0.608. The number of likely N-dealkylation sites (N-methyl/N-ethyl adjacent to an activating group) is 1. The van der Waals surface area contributed by atoms with Crippen molar-refractivity contribution < 1.29 is 23.9 Å². The Morgan fingerprint density at radius 1 is 1.00 bits per heavy atom. The molecule has 0 radical (unpaired) electrons. The van der Waals surface area contributed by atoms with Crippen molar-refractivity contribution in [3.8, 4) is 0 Å². The van der Waals surface area contributed by atoms with E-state index in [2.05, 4.69) is 10.6 Å². The number of nitrogens with zero attached hydrogens (tertiary/aromatic N) is 1. The summed E-state index contributed by atoms with van der Waals surface area (Å²) in [5.41, 5.74) is 0.853. The van der Waals surface area contributed by atoms with E-state index in [0.29, 0.717) is 5.56 Å². The summed E-state index contributed by atoms with van der Waals surface area (Å²) in [4.78, 5) is 50.0. The van der Waals surface area contributed by atoms with Crippen molar-refractivity contribution >= 4 is 29.4 Å². The summed E-state index contributed by atoms with van der Waals surface area (Å²) in [7, 11) is 1.47. The normalized spacial score (nSPS) is 12.6. The van der Waals surface area contributed by atoms with Crippen LogP contribution in [0.4, 0.5) is 5.69 Å². The third-order valence-corrected chi connectivity index (χ3v) is 4.51. The average molecular weight is 409 g/mol. The lowest BCUT2D eigenvalue weighted by atomic mass is 10.1. The van der Waals surface area contributed by atoms with Crippen LogP contribution in [-0.2, 0) is 14.3 Å². The number of nitrogens with one attached hydrogen (secondary N) is 2. The quantitative estimate of drug-likeness (QED) is 0.648. The van der Waals surface area contributed by atoms with Gasteiger partial charge in [-0.15, -0.1) is 0 Å². The van der Waals surface area contributed by atoms with Crippen molar-refractivity contribution in [1.82, 2.24) is 10.2 Å². The van der Waals surface area contributed by atoms with Crippen LogP contribution in [0.15, 0.2) is 54.6 Å². The van der Waals surface area contributed by atoms with Crippen LogP contribution >= 0.6 is 0 Å². The molecule has 2 N–H and O–H groups in total. The maximum Gasteiger partial charge on any atom is 0.340 e. The number of esters is 1. The summed E-state index contributed by atoms with van der Waals surface area (Å²) in [6, 6.07) is 15.2. The van der Waals surface area contributed by atoms with E-state index in [4.69, 9.17) is 4.74 Å². The Balaban J connectivity index is 1.55. The zero-order valence-electron chi connectivity index (χ0n) is 16.6. The fraction of sp³-hybridized carbons (Fsp3) is 0.273. The highest BCUT2D eigenvalue weighted by atomic mass is 16.5. The monoisotopic (exact) mass is 409 g/mol. The number of amides is 3. The van der Waals surface area contributed by atoms with Gasteiger partial charge in [0.15, 0.2) is 6.61 Å². The number of ether oxygens (including phenoxy) is 1. The average Bonchev–Trinajstić information content (AvgIpc) is 3.56. The lowest BCUT2D eigenvalue weighted by molar-refractivity contribution is -0.137. The molecule has 0 bridgehead atoms. The van der Waals surface area contributed by atoms with E-state index in [9.17, 15) is 19.2 Å². The molecule has 3 rings (SSSR count). The van der Waals surface area contributed by atoms with Gasteiger partial charge in [-0.1, -0.05) is 30.3 Å². The minimum absolute atomic E-state index is 0.101. The van der Waals surface area contributed by atoms with Gasteiger partial charge in [-0.25, -0.2) is 4.79 Å². The molecule has 1 fully saturated rings. The summed E-state index contributed by atoms with van der Waals surface area (Å²) in [5, 5.41) is 5.47. The van der Waals surface area contributed by atoms with Crippen molar-refractivity contribution in [3.05, 3.63) is 65.7 Å². The largest absolute Gasteiger partial charge is 0.452 e. The highest BCUT2D eigenvalue weighted by Crippen LogP contribution is 2.19. The summed E-state index contributed by atoms with van der Waals surface area (Å²) >= 11 is 0. The number of benzene rings is 2. The molecule has 0 saturated heterocycles. The summed E-state index contributed by atoms with van der Waals surface area (Å²) in [5.74, 6) is -1.86. The van der Waals surface area contributed by atoms with E-state index in [1.165, 1.54) is 18.0 Å². The van der Waals surface area contributed by atoms with Crippen LogP contribution in [0.1, 0.15) is 33.6 Å². The molecule has 0 atom stereocenters. The second-order valence-electron chi connectivity index (χ2n) is 7.03. The lowest BCUT2D eigenvalue weighted by Crippen LogP contribution is -2.40. The first-order valence-corrected chi connectivity index (χ1v) is 9.60. The zero-order valence-corrected chi connectivity index (χ0v) is 16.6. The van der Waals surface area contributed by atoms with Gasteiger partial charge in [0.25, 0.3) is 11.8 Å². The number of carbonyl (C=O) groups is 4. The molecule has 0 heterocycles. The van der Waals surface area contributed by atoms with Crippen molar-refractivity contribution in [2.24, 2.45) is 0 Å². The lowest BCUT2D eigenvalue weighted by Gasteiger charge is -2.17. The molecule has 1 saturated carbocycles. The van der Waals surface area contributed by atoms with Crippen molar-refractivity contribution in [3.63, 3.8) is 0 Å². The maximum absolute atomic E-state index is 12.5. The summed E-state index contributed by atoms with van der Waals surface area (Å²) < 4.78 is 5.10.